The number of hydrogen-bond acceptors (Lipinski definition) is 7. The van der Waals surface area contributed by atoms with E-state index in [1.54, 1.807) is 19.9 Å². The van der Waals surface area contributed by atoms with Gasteiger partial charge in [0.2, 0.25) is 16.0 Å². The highest BCUT2D eigenvalue weighted by molar-refractivity contribution is 7.89. The van der Waals surface area contributed by atoms with Gasteiger partial charge in [-0.25, -0.2) is 32.3 Å². The third-order valence-corrected chi connectivity index (χ3v) is 6.72. The Bertz CT molecular complexity index is 1350. The van der Waals surface area contributed by atoms with E-state index in [4.69, 9.17) is 5.73 Å². The first-order valence-corrected chi connectivity index (χ1v) is 12.0. The van der Waals surface area contributed by atoms with Gasteiger partial charge in [0.25, 0.3) is 0 Å². The summed E-state index contributed by atoms with van der Waals surface area (Å²) in [4.78, 5) is 18.5. The molecule has 192 valence electrons. The summed E-state index contributed by atoms with van der Waals surface area (Å²) in [5.41, 5.74) is 6.37. The lowest BCUT2D eigenvalue weighted by molar-refractivity contribution is -0.200. The largest absolute Gasteiger partial charge is 0.490 e. The zero-order valence-electron chi connectivity index (χ0n) is 19.1. The summed E-state index contributed by atoms with van der Waals surface area (Å²) >= 11 is 0. The Balaban J connectivity index is 1.91. The standard InChI is InChI=1S/C23H22F4N4O4S/c1-13(2)19(12-35-21(32)23(25,26)27)31-36(33,34)20-6-4-3-5-17(20)14-7-8-16(18(24)9-14)15-10-29-22(28)30-11-15/h3-11,13,19,31H,12H2,1-2H3,(H2,28,29,30)/t19-/m1/s1. The molecule has 1 heterocycles. The monoisotopic (exact) mass is 526 g/mol. The summed E-state index contributed by atoms with van der Waals surface area (Å²) in [6.45, 7) is 2.27. The van der Waals surface area contributed by atoms with Crippen molar-refractivity contribution in [2.24, 2.45) is 5.92 Å². The Kier molecular flexibility index (Phi) is 7.94. The smallest absolute Gasteiger partial charge is 0.457 e. The van der Waals surface area contributed by atoms with Gasteiger partial charge in [0.1, 0.15) is 12.4 Å². The van der Waals surface area contributed by atoms with Crippen molar-refractivity contribution < 1.29 is 35.5 Å². The van der Waals surface area contributed by atoms with Gasteiger partial charge in [0, 0.05) is 29.1 Å². The molecule has 0 bridgehead atoms. The Labute approximate surface area is 204 Å². The maximum atomic E-state index is 14.9. The Morgan fingerprint density at radius 1 is 1.06 bits per heavy atom. The van der Waals surface area contributed by atoms with Crippen LogP contribution in [0.15, 0.2) is 59.8 Å². The van der Waals surface area contributed by atoms with E-state index in [1.807, 2.05) is 0 Å². The molecule has 0 aliphatic heterocycles. The van der Waals surface area contributed by atoms with Crippen LogP contribution in [0.5, 0.6) is 0 Å². The van der Waals surface area contributed by atoms with Crippen LogP contribution in [0.2, 0.25) is 0 Å². The number of ether oxygens (including phenoxy) is 1. The summed E-state index contributed by atoms with van der Waals surface area (Å²) in [6, 6.07) is 8.67. The molecule has 0 radical (unpaired) electrons. The normalized spacial score (nSPS) is 13.0. The molecule has 0 fully saturated rings. The summed E-state index contributed by atoms with van der Waals surface area (Å²) in [5, 5.41) is 0. The number of nitrogen functional groups attached to an aromatic ring is 1. The van der Waals surface area contributed by atoms with Gasteiger partial charge in [0.05, 0.1) is 10.9 Å². The zero-order valence-corrected chi connectivity index (χ0v) is 19.9. The highest BCUT2D eigenvalue weighted by Crippen LogP contribution is 2.31. The van der Waals surface area contributed by atoms with Crippen molar-refractivity contribution in [1.82, 2.24) is 14.7 Å². The number of rotatable bonds is 8. The van der Waals surface area contributed by atoms with Crippen LogP contribution in [-0.4, -0.2) is 43.2 Å². The van der Waals surface area contributed by atoms with Crippen LogP contribution in [0, 0.1) is 11.7 Å². The van der Waals surface area contributed by atoms with Crippen molar-refractivity contribution in [2.75, 3.05) is 12.3 Å². The molecule has 0 amide bonds. The quantitative estimate of drug-likeness (QED) is 0.337. The topological polar surface area (TPSA) is 124 Å². The number of nitrogens with two attached hydrogens (primary N) is 1. The maximum Gasteiger partial charge on any atom is 0.490 e. The van der Waals surface area contributed by atoms with Crippen molar-refractivity contribution in [1.29, 1.82) is 0 Å². The molecule has 0 spiro atoms. The molecule has 36 heavy (non-hydrogen) atoms. The van der Waals surface area contributed by atoms with E-state index in [9.17, 15) is 30.8 Å². The molecule has 0 aliphatic rings. The van der Waals surface area contributed by atoms with Gasteiger partial charge >= 0.3 is 12.1 Å². The summed E-state index contributed by atoms with van der Waals surface area (Å²) in [5.74, 6) is -3.59. The fourth-order valence-electron chi connectivity index (χ4n) is 3.21. The van der Waals surface area contributed by atoms with E-state index in [0.29, 0.717) is 5.56 Å². The number of esters is 1. The van der Waals surface area contributed by atoms with Gasteiger partial charge in [0.15, 0.2) is 0 Å². The highest BCUT2D eigenvalue weighted by Gasteiger charge is 2.41. The Morgan fingerprint density at radius 2 is 1.69 bits per heavy atom. The van der Waals surface area contributed by atoms with Gasteiger partial charge < -0.3 is 10.5 Å². The molecule has 3 aromatic rings. The van der Waals surface area contributed by atoms with E-state index < -0.39 is 46.6 Å². The minimum Gasteiger partial charge on any atom is -0.457 e. The molecular formula is C23H22F4N4O4S. The van der Waals surface area contributed by atoms with Crippen molar-refractivity contribution in [3.63, 3.8) is 0 Å². The molecule has 1 atom stereocenters. The summed E-state index contributed by atoms with van der Waals surface area (Å²) in [7, 11) is -4.33. The van der Waals surface area contributed by atoms with Crippen molar-refractivity contribution in [2.45, 2.75) is 31.0 Å². The summed E-state index contributed by atoms with van der Waals surface area (Å²) in [6.07, 6.45) is -2.51. The number of hydrogen-bond donors (Lipinski definition) is 2. The average Bonchev–Trinajstić information content (AvgIpc) is 2.81. The number of alkyl halides is 3. The first-order chi connectivity index (χ1) is 16.8. The number of carbonyl (C=O) groups excluding carboxylic acids is 1. The fourth-order valence-corrected chi connectivity index (χ4v) is 4.80. The van der Waals surface area contributed by atoms with Crippen LogP contribution < -0.4 is 10.5 Å². The second kappa shape index (κ2) is 10.6. The average molecular weight is 527 g/mol. The van der Waals surface area contributed by atoms with Crippen LogP contribution in [0.3, 0.4) is 0 Å². The van der Waals surface area contributed by atoms with Crippen LogP contribution in [0.4, 0.5) is 23.5 Å². The van der Waals surface area contributed by atoms with Gasteiger partial charge in [-0.05, 0) is 23.6 Å². The molecule has 0 saturated heterocycles. The van der Waals surface area contributed by atoms with Gasteiger partial charge in [-0.3, -0.25) is 0 Å². The number of carbonyl (C=O) groups is 1. The molecule has 1 aromatic heterocycles. The molecule has 0 aliphatic carbocycles. The molecule has 0 saturated carbocycles. The first-order valence-electron chi connectivity index (χ1n) is 10.5. The number of aromatic nitrogens is 2. The van der Waals surface area contributed by atoms with Crippen molar-refractivity contribution in [3.05, 3.63) is 60.7 Å². The fraction of sp³-hybridized carbons (Fsp3) is 0.261. The number of benzene rings is 2. The molecule has 13 heteroatoms. The van der Waals surface area contributed by atoms with Crippen molar-refractivity contribution in [3.8, 4) is 22.3 Å². The van der Waals surface area contributed by atoms with E-state index in [2.05, 4.69) is 19.4 Å². The zero-order chi connectivity index (χ0) is 26.7. The first kappa shape index (κ1) is 27.0. The van der Waals surface area contributed by atoms with Crippen molar-refractivity contribution >= 4 is 21.9 Å². The number of nitrogens with zero attached hydrogens (tertiary/aromatic N) is 2. The lowest BCUT2D eigenvalue weighted by Gasteiger charge is -2.23. The van der Waals surface area contributed by atoms with E-state index in [1.165, 1.54) is 42.7 Å². The number of anilines is 1. The Morgan fingerprint density at radius 3 is 2.28 bits per heavy atom. The minimum atomic E-state index is -5.21. The number of sulfonamides is 1. The van der Waals surface area contributed by atoms with E-state index >= 15 is 0 Å². The minimum absolute atomic E-state index is 0.0234. The molecule has 2 aromatic carbocycles. The second-order valence-corrected chi connectivity index (χ2v) is 9.77. The molecular weight excluding hydrogens is 504 g/mol. The van der Waals surface area contributed by atoms with Gasteiger partial charge in [-0.15, -0.1) is 0 Å². The molecule has 8 nitrogen and oxygen atoms in total. The van der Waals surface area contributed by atoms with E-state index in [-0.39, 0.29) is 27.5 Å². The lowest BCUT2D eigenvalue weighted by Crippen LogP contribution is -2.43. The number of nitrogens with one attached hydrogen (secondary N) is 1. The van der Waals surface area contributed by atoms with Crippen LogP contribution in [-0.2, 0) is 19.6 Å². The van der Waals surface area contributed by atoms with Crippen LogP contribution in [0.25, 0.3) is 22.3 Å². The van der Waals surface area contributed by atoms with Gasteiger partial charge in [-0.1, -0.05) is 44.2 Å². The van der Waals surface area contributed by atoms with Crippen LogP contribution in [0.1, 0.15) is 13.8 Å². The Hall–Kier alpha value is -3.58. The molecule has 0 unspecified atom stereocenters. The van der Waals surface area contributed by atoms with E-state index in [0.717, 1.165) is 6.07 Å². The van der Waals surface area contributed by atoms with Crippen LogP contribution >= 0.6 is 0 Å². The summed E-state index contributed by atoms with van der Waals surface area (Å²) < 4.78 is 85.3. The highest BCUT2D eigenvalue weighted by atomic mass is 32.2. The second-order valence-electron chi connectivity index (χ2n) is 8.09. The molecule has 3 rings (SSSR count). The third-order valence-electron chi connectivity index (χ3n) is 5.18. The predicted molar refractivity (Wildman–Crippen MR) is 123 cm³/mol. The predicted octanol–water partition coefficient (Wildman–Crippen LogP) is 3.94. The SMILES string of the molecule is CC(C)[C@@H](COC(=O)C(F)(F)F)NS(=O)(=O)c1ccccc1-c1ccc(-c2cnc(N)nc2)c(F)c1. The lowest BCUT2D eigenvalue weighted by atomic mass is 10.0. The van der Waals surface area contributed by atoms with Gasteiger partial charge in [-0.2, -0.15) is 13.2 Å². The number of halogens is 4. The maximum absolute atomic E-state index is 14.9. The third kappa shape index (κ3) is 6.34. The molecule has 3 N–H and O–H groups in total.